The van der Waals surface area contributed by atoms with E-state index in [2.05, 4.69) is 16.9 Å². The Morgan fingerprint density at radius 2 is 2.35 bits per heavy atom. The van der Waals surface area contributed by atoms with Crippen LogP contribution in [0.4, 0.5) is 0 Å². The Bertz CT molecular complexity index is 436. The fraction of sp³-hybridized carbons (Fsp3) is 0.615. The standard InChI is InChI=1S/C13H17ClN2O/c1-16-6-2-5-11(16)10-8-15-13(14)9-4-3-7-17-12(9)10/h8,11H,2-7H2,1H3/t11-/m0/s1. The molecule has 3 heterocycles. The molecule has 0 bridgehead atoms. The van der Waals surface area contributed by atoms with Gasteiger partial charge in [-0.05, 0) is 39.3 Å². The number of likely N-dealkylation sites (tertiary alicyclic amines) is 1. The molecule has 1 atom stereocenters. The van der Waals surface area contributed by atoms with Gasteiger partial charge in [0.2, 0.25) is 0 Å². The zero-order chi connectivity index (χ0) is 11.8. The second kappa shape index (κ2) is 4.46. The summed E-state index contributed by atoms with van der Waals surface area (Å²) < 4.78 is 5.85. The number of rotatable bonds is 1. The highest BCUT2D eigenvalue weighted by Gasteiger charge is 2.29. The van der Waals surface area contributed by atoms with Crippen molar-refractivity contribution in [1.29, 1.82) is 0 Å². The minimum absolute atomic E-state index is 0.451. The highest BCUT2D eigenvalue weighted by atomic mass is 35.5. The van der Waals surface area contributed by atoms with Gasteiger partial charge in [-0.25, -0.2) is 4.98 Å². The van der Waals surface area contributed by atoms with E-state index >= 15 is 0 Å². The molecule has 0 N–H and O–H groups in total. The Labute approximate surface area is 107 Å². The normalized spacial score (nSPS) is 24.5. The predicted octanol–water partition coefficient (Wildman–Crippen LogP) is 2.83. The van der Waals surface area contributed by atoms with Crippen LogP contribution in [-0.2, 0) is 6.42 Å². The third-order valence-corrected chi connectivity index (χ3v) is 4.12. The summed E-state index contributed by atoms with van der Waals surface area (Å²) in [5, 5.41) is 0.615. The zero-order valence-corrected chi connectivity index (χ0v) is 10.8. The van der Waals surface area contributed by atoms with Crippen LogP contribution >= 0.6 is 11.6 Å². The van der Waals surface area contributed by atoms with Crippen molar-refractivity contribution >= 4 is 11.6 Å². The minimum Gasteiger partial charge on any atom is -0.493 e. The first-order valence-corrected chi connectivity index (χ1v) is 6.65. The lowest BCUT2D eigenvalue weighted by molar-refractivity contribution is 0.264. The van der Waals surface area contributed by atoms with Gasteiger partial charge in [-0.1, -0.05) is 11.6 Å². The van der Waals surface area contributed by atoms with Crippen LogP contribution in [0, 0.1) is 0 Å². The lowest BCUT2D eigenvalue weighted by Crippen LogP contribution is -2.20. The summed E-state index contributed by atoms with van der Waals surface area (Å²) in [6.07, 6.45) is 6.37. The van der Waals surface area contributed by atoms with Gasteiger partial charge >= 0.3 is 0 Å². The van der Waals surface area contributed by atoms with Crippen molar-refractivity contribution in [2.75, 3.05) is 20.2 Å². The van der Waals surface area contributed by atoms with Gasteiger partial charge in [0.1, 0.15) is 10.9 Å². The number of aromatic nitrogens is 1. The average molecular weight is 253 g/mol. The average Bonchev–Trinajstić information content (AvgIpc) is 2.77. The van der Waals surface area contributed by atoms with E-state index in [9.17, 15) is 0 Å². The molecule has 0 aromatic carbocycles. The zero-order valence-electron chi connectivity index (χ0n) is 10.1. The lowest BCUT2D eigenvalue weighted by atomic mass is 10.00. The molecule has 1 aromatic rings. The van der Waals surface area contributed by atoms with E-state index in [4.69, 9.17) is 16.3 Å². The maximum Gasteiger partial charge on any atom is 0.135 e. The first kappa shape index (κ1) is 11.3. The van der Waals surface area contributed by atoms with E-state index in [0.29, 0.717) is 11.2 Å². The number of pyridine rings is 1. The van der Waals surface area contributed by atoms with E-state index in [-0.39, 0.29) is 0 Å². The number of ether oxygens (including phenoxy) is 1. The molecule has 92 valence electrons. The van der Waals surface area contributed by atoms with Gasteiger partial charge in [0.15, 0.2) is 0 Å². The highest BCUT2D eigenvalue weighted by Crippen LogP contribution is 2.41. The molecule has 2 aliphatic heterocycles. The first-order valence-electron chi connectivity index (χ1n) is 6.27. The Morgan fingerprint density at radius 1 is 1.47 bits per heavy atom. The van der Waals surface area contributed by atoms with Gasteiger partial charge in [-0.2, -0.15) is 0 Å². The Hall–Kier alpha value is -0.800. The molecule has 4 heteroatoms. The number of fused-ring (bicyclic) bond motifs is 1. The second-order valence-corrected chi connectivity index (χ2v) is 5.26. The van der Waals surface area contributed by atoms with Crippen LogP contribution in [0.25, 0.3) is 0 Å². The van der Waals surface area contributed by atoms with Gasteiger partial charge in [0.05, 0.1) is 6.61 Å². The maximum absolute atomic E-state index is 6.15. The van der Waals surface area contributed by atoms with E-state index in [0.717, 1.165) is 37.3 Å². The van der Waals surface area contributed by atoms with Gasteiger partial charge in [-0.3, -0.25) is 4.90 Å². The third kappa shape index (κ3) is 1.91. The Kier molecular flexibility index (Phi) is 2.97. The summed E-state index contributed by atoms with van der Waals surface area (Å²) in [4.78, 5) is 6.71. The van der Waals surface area contributed by atoms with Crippen LogP contribution in [-0.4, -0.2) is 30.1 Å². The summed E-state index contributed by atoms with van der Waals surface area (Å²) in [5.74, 6) is 1.01. The first-order chi connectivity index (χ1) is 8.27. The largest absolute Gasteiger partial charge is 0.493 e. The molecule has 2 aliphatic rings. The van der Waals surface area contributed by atoms with E-state index in [1.54, 1.807) is 0 Å². The van der Waals surface area contributed by atoms with Crippen LogP contribution < -0.4 is 4.74 Å². The van der Waals surface area contributed by atoms with Gasteiger partial charge in [-0.15, -0.1) is 0 Å². The van der Waals surface area contributed by atoms with E-state index in [1.165, 1.54) is 18.4 Å². The molecule has 3 rings (SSSR count). The smallest absolute Gasteiger partial charge is 0.135 e. The third-order valence-electron chi connectivity index (χ3n) is 3.80. The van der Waals surface area contributed by atoms with Crippen LogP contribution in [0.1, 0.15) is 36.4 Å². The molecular weight excluding hydrogens is 236 g/mol. The molecular formula is C13H17ClN2O. The molecule has 1 aromatic heterocycles. The molecule has 17 heavy (non-hydrogen) atoms. The monoisotopic (exact) mass is 252 g/mol. The Morgan fingerprint density at radius 3 is 3.12 bits per heavy atom. The lowest BCUT2D eigenvalue weighted by Gasteiger charge is -2.26. The van der Waals surface area contributed by atoms with Gasteiger partial charge in [0.25, 0.3) is 0 Å². The van der Waals surface area contributed by atoms with Crippen LogP contribution in [0.3, 0.4) is 0 Å². The molecule has 0 amide bonds. The number of hydrogen-bond donors (Lipinski definition) is 0. The summed E-state index contributed by atoms with van der Waals surface area (Å²) in [6, 6.07) is 0.451. The number of hydrogen-bond acceptors (Lipinski definition) is 3. The predicted molar refractivity (Wildman–Crippen MR) is 67.7 cm³/mol. The van der Waals surface area contributed by atoms with Crippen LogP contribution in [0.2, 0.25) is 5.15 Å². The molecule has 1 fully saturated rings. The van der Waals surface area contributed by atoms with Gasteiger partial charge in [0, 0.05) is 23.4 Å². The quantitative estimate of drug-likeness (QED) is 0.719. The summed E-state index contributed by atoms with van der Waals surface area (Å²) >= 11 is 6.15. The summed E-state index contributed by atoms with van der Waals surface area (Å²) in [5.41, 5.74) is 2.33. The second-order valence-electron chi connectivity index (χ2n) is 4.90. The fourth-order valence-electron chi connectivity index (χ4n) is 2.88. The number of halogens is 1. The number of nitrogens with zero attached hydrogens (tertiary/aromatic N) is 2. The molecule has 0 aliphatic carbocycles. The summed E-state index contributed by atoms with van der Waals surface area (Å²) in [6.45, 7) is 1.96. The van der Waals surface area contributed by atoms with Crippen molar-refractivity contribution in [2.45, 2.75) is 31.7 Å². The molecule has 0 saturated carbocycles. The summed E-state index contributed by atoms with van der Waals surface area (Å²) in [7, 11) is 2.17. The fourth-order valence-corrected chi connectivity index (χ4v) is 3.11. The van der Waals surface area contributed by atoms with E-state index < -0.39 is 0 Å². The minimum atomic E-state index is 0.451. The van der Waals surface area contributed by atoms with E-state index in [1.807, 2.05) is 6.20 Å². The highest BCUT2D eigenvalue weighted by molar-refractivity contribution is 6.30. The van der Waals surface area contributed by atoms with Gasteiger partial charge < -0.3 is 4.74 Å². The van der Waals surface area contributed by atoms with Crippen molar-refractivity contribution in [2.24, 2.45) is 0 Å². The van der Waals surface area contributed by atoms with Crippen molar-refractivity contribution in [3.8, 4) is 5.75 Å². The molecule has 1 saturated heterocycles. The molecule has 0 unspecified atom stereocenters. The van der Waals surface area contributed by atoms with Crippen LogP contribution in [0.15, 0.2) is 6.20 Å². The molecule has 0 spiro atoms. The Balaban J connectivity index is 2.04. The van der Waals surface area contributed by atoms with Crippen molar-refractivity contribution in [3.63, 3.8) is 0 Å². The maximum atomic E-state index is 6.15. The van der Waals surface area contributed by atoms with Crippen molar-refractivity contribution < 1.29 is 4.74 Å². The van der Waals surface area contributed by atoms with Crippen molar-refractivity contribution in [1.82, 2.24) is 9.88 Å². The van der Waals surface area contributed by atoms with Crippen LogP contribution in [0.5, 0.6) is 5.75 Å². The van der Waals surface area contributed by atoms with Crippen molar-refractivity contribution in [3.05, 3.63) is 22.5 Å². The topological polar surface area (TPSA) is 25.4 Å². The molecule has 0 radical (unpaired) electrons. The molecule has 3 nitrogen and oxygen atoms in total. The SMILES string of the molecule is CN1CCC[C@H]1c1cnc(Cl)c2c1OCCC2.